The van der Waals surface area contributed by atoms with Crippen molar-refractivity contribution < 1.29 is 9.59 Å². The number of hydrogen-bond donors (Lipinski definition) is 1. The van der Waals surface area contributed by atoms with E-state index in [9.17, 15) is 9.59 Å². The number of amides is 2. The van der Waals surface area contributed by atoms with Crippen LogP contribution in [0.2, 0.25) is 4.34 Å². The monoisotopic (exact) mass is 391 g/mol. The van der Waals surface area contributed by atoms with Gasteiger partial charge >= 0.3 is 0 Å². The third kappa shape index (κ3) is 5.29. The Bertz CT molecular complexity index is 742. The minimum absolute atomic E-state index is 0.0644. The molecule has 0 aromatic carbocycles. The van der Waals surface area contributed by atoms with Crippen LogP contribution in [0.4, 0.5) is 0 Å². The minimum Gasteiger partial charge on any atom is -0.352 e. The lowest BCUT2D eigenvalue weighted by molar-refractivity contribution is -0.121. The van der Waals surface area contributed by atoms with E-state index < -0.39 is 0 Å². The Morgan fingerprint density at radius 1 is 1.27 bits per heavy atom. The van der Waals surface area contributed by atoms with E-state index in [0.717, 1.165) is 37.9 Å². The van der Waals surface area contributed by atoms with Gasteiger partial charge < -0.3 is 10.2 Å². The van der Waals surface area contributed by atoms with Crippen LogP contribution >= 0.6 is 22.9 Å². The van der Waals surface area contributed by atoms with E-state index in [1.165, 1.54) is 11.3 Å². The summed E-state index contributed by atoms with van der Waals surface area (Å²) in [6.45, 7) is 2.01. The average molecular weight is 392 g/mol. The van der Waals surface area contributed by atoms with Crippen LogP contribution in [0, 0.1) is 5.92 Å². The standard InChI is InChI=1S/C19H22ClN3O2S/c20-17-5-4-16(26-17)19(25)23-10-7-14(8-11-23)3-6-18(24)22-13-15-2-1-9-21-12-15/h1-2,4-5,9,12,14H,3,6-8,10-11,13H2,(H,22,24). The van der Waals surface area contributed by atoms with Gasteiger partial charge in [-0.05, 0) is 48.9 Å². The van der Waals surface area contributed by atoms with Crippen molar-refractivity contribution in [1.29, 1.82) is 0 Å². The first kappa shape index (κ1) is 18.9. The maximum absolute atomic E-state index is 12.4. The van der Waals surface area contributed by atoms with Crippen LogP contribution in [0.5, 0.6) is 0 Å². The highest BCUT2D eigenvalue weighted by Gasteiger charge is 2.24. The zero-order valence-electron chi connectivity index (χ0n) is 14.5. The quantitative estimate of drug-likeness (QED) is 0.815. The maximum Gasteiger partial charge on any atom is 0.263 e. The molecular weight excluding hydrogens is 370 g/mol. The molecule has 1 N–H and O–H groups in total. The highest BCUT2D eigenvalue weighted by molar-refractivity contribution is 7.17. The maximum atomic E-state index is 12.4. The molecule has 0 radical (unpaired) electrons. The van der Waals surface area contributed by atoms with Gasteiger partial charge in [-0.3, -0.25) is 14.6 Å². The third-order valence-corrected chi connectivity index (χ3v) is 5.90. The fourth-order valence-corrected chi connectivity index (χ4v) is 4.15. The number of thiophene rings is 1. The molecule has 1 fully saturated rings. The molecule has 0 saturated carbocycles. The van der Waals surface area contributed by atoms with Crippen LogP contribution in [0.25, 0.3) is 0 Å². The van der Waals surface area contributed by atoms with Gasteiger partial charge in [0.15, 0.2) is 0 Å². The van der Waals surface area contributed by atoms with Crippen LogP contribution in [0.3, 0.4) is 0 Å². The molecule has 0 unspecified atom stereocenters. The average Bonchev–Trinajstić information content (AvgIpc) is 3.12. The van der Waals surface area contributed by atoms with Gasteiger partial charge in [-0.15, -0.1) is 11.3 Å². The molecule has 0 spiro atoms. The molecule has 5 nitrogen and oxygen atoms in total. The number of nitrogens with one attached hydrogen (secondary N) is 1. The highest BCUT2D eigenvalue weighted by atomic mass is 35.5. The number of hydrogen-bond acceptors (Lipinski definition) is 4. The topological polar surface area (TPSA) is 62.3 Å². The molecule has 3 heterocycles. The van der Waals surface area contributed by atoms with E-state index in [2.05, 4.69) is 10.3 Å². The zero-order valence-corrected chi connectivity index (χ0v) is 16.1. The van der Waals surface area contributed by atoms with E-state index >= 15 is 0 Å². The normalized spacial score (nSPS) is 15.0. The Hall–Kier alpha value is -1.92. The van der Waals surface area contributed by atoms with Crippen molar-refractivity contribution in [2.75, 3.05) is 13.1 Å². The molecule has 2 aromatic rings. The van der Waals surface area contributed by atoms with E-state index in [-0.39, 0.29) is 11.8 Å². The van der Waals surface area contributed by atoms with E-state index in [1.54, 1.807) is 24.5 Å². The first-order valence-electron chi connectivity index (χ1n) is 8.82. The molecule has 2 amide bonds. The van der Waals surface area contributed by atoms with Gasteiger partial charge in [0, 0.05) is 38.4 Å². The number of rotatable bonds is 6. The third-order valence-electron chi connectivity index (χ3n) is 4.68. The highest BCUT2D eigenvalue weighted by Crippen LogP contribution is 2.26. The summed E-state index contributed by atoms with van der Waals surface area (Å²) in [6, 6.07) is 7.35. The summed E-state index contributed by atoms with van der Waals surface area (Å²) in [4.78, 5) is 31.0. The van der Waals surface area contributed by atoms with Crippen molar-refractivity contribution in [3.63, 3.8) is 0 Å². The van der Waals surface area contributed by atoms with Gasteiger partial charge in [-0.2, -0.15) is 0 Å². The first-order chi connectivity index (χ1) is 12.6. The lowest BCUT2D eigenvalue weighted by atomic mass is 9.92. The summed E-state index contributed by atoms with van der Waals surface area (Å²) in [5.74, 6) is 0.630. The van der Waals surface area contributed by atoms with E-state index in [1.807, 2.05) is 17.0 Å². The molecule has 138 valence electrons. The fourth-order valence-electron chi connectivity index (χ4n) is 3.14. The number of nitrogens with zero attached hydrogens (tertiary/aromatic N) is 2. The Morgan fingerprint density at radius 3 is 2.73 bits per heavy atom. The number of carbonyl (C=O) groups is 2. The van der Waals surface area contributed by atoms with Crippen molar-refractivity contribution in [2.45, 2.75) is 32.2 Å². The largest absolute Gasteiger partial charge is 0.352 e. The Labute approximate surface area is 162 Å². The molecular formula is C19H22ClN3O2S. The van der Waals surface area contributed by atoms with Crippen molar-refractivity contribution in [1.82, 2.24) is 15.2 Å². The van der Waals surface area contributed by atoms with Gasteiger partial charge in [0.25, 0.3) is 5.91 Å². The Kier molecular flexibility index (Phi) is 6.63. The summed E-state index contributed by atoms with van der Waals surface area (Å²) in [7, 11) is 0. The summed E-state index contributed by atoms with van der Waals surface area (Å²) in [6.07, 6.45) is 6.76. The molecule has 1 aliphatic rings. The first-order valence-corrected chi connectivity index (χ1v) is 10.0. The van der Waals surface area contributed by atoms with Crippen molar-refractivity contribution >= 4 is 34.8 Å². The molecule has 0 bridgehead atoms. The molecule has 0 aliphatic carbocycles. The summed E-state index contributed by atoms with van der Waals surface area (Å²) < 4.78 is 0.639. The predicted molar refractivity (Wildman–Crippen MR) is 103 cm³/mol. The van der Waals surface area contributed by atoms with E-state index in [4.69, 9.17) is 11.6 Å². The van der Waals surface area contributed by atoms with Crippen molar-refractivity contribution in [3.8, 4) is 0 Å². The molecule has 2 aromatic heterocycles. The molecule has 26 heavy (non-hydrogen) atoms. The van der Waals surface area contributed by atoms with Crippen LogP contribution in [-0.4, -0.2) is 34.8 Å². The molecule has 0 atom stereocenters. The van der Waals surface area contributed by atoms with Crippen molar-refractivity contribution in [2.24, 2.45) is 5.92 Å². The van der Waals surface area contributed by atoms with Gasteiger partial charge in [-0.1, -0.05) is 17.7 Å². The van der Waals surface area contributed by atoms with Crippen LogP contribution < -0.4 is 5.32 Å². The number of piperidine rings is 1. The number of pyridine rings is 1. The van der Waals surface area contributed by atoms with Gasteiger partial charge in [-0.25, -0.2) is 0 Å². The number of carbonyl (C=O) groups excluding carboxylic acids is 2. The van der Waals surface area contributed by atoms with Crippen LogP contribution in [0.1, 0.15) is 40.9 Å². The minimum atomic E-state index is 0.0644. The van der Waals surface area contributed by atoms with Gasteiger partial charge in [0.1, 0.15) is 0 Å². The predicted octanol–water partition coefficient (Wildman–Crippen LogP) is 3.75. The summed E-state index contributed by atoms with van der Waals surface area (Å²) in [5, 5.41) is 2.93. The second-order valence-electron chi connectivity index (χ2n) is 6.52. The molecule has 3 rings (SSSR count). The second-order valence-corrected chi connectivity index (χ2v) is 8.23. The molecule has 1 aliphatic heterocycles. The SMILES string of the molecule is O=C(CCC1CCN(C(=O)c2ccc(Cl)s2)CC1)NCc1cccnc1. The lowest BCUT2D eigenvalue weighted by Gasteiger charge is -2.31. The second kappa shape index (κ2) is 9.14. The number of likely N-dealkylation sites (tertiary alicyclic amines) is 1. The number of halogens is 1. The fraction of sp³-hybridized carbons (Fsp3) is 0.421. The van der Waals surface area contributed by atoms with Gasteiger partial charge in [0.2, 0.25) is 5.91 Å². The van der Waals surface area contributed by atoms with Gasteiger partial charge in [0.05, 0.1) is 9.21 Å². The lowest BCUT2D eigenvalue weighted by Crippen LogP contribution is -2.38. The van der Waals surface area contributed by atoms with E-state index in [0.29, 0.717) is 28.1 Å². The number of aromatic nitrogens is 1. The molecule has 7 heteroatoms. The smallest absolute Gasteiger partial charge is 0.263 e. The van der Waals surface area contributed by atoms with Crippen LogP contribution in [-0.2, 0) is 11.3 Å². The van der Waals surface area contributed by atoms with Crippen molar-refractivity contribution in [3.05, 3.63) is 51.4 Å². The van der Waals surface area contributed by atoms with Crippen LogP contribution in [0.15, 0.2) is 36.7 Å². The molecule has 1 saturated heterocycles. The zero-order chi connectivity index (χ0) is 18.4. The summed E-state index contributed by atoms with van der Waals surface area (Å²) >= 11 is 7.23. The Morgan fingerprint density at radius 2 is 2.08 bits per heavy atom. The Balaban J connectivity index is 1.36. The summed E-state index contributed by atoms with van der Waals surface area (Å²) in [5.41, 5.74) is 1.00.